The van der Waals surface area contributed by atoms with Gasteiger partial charge in [0, 0.05) is 24.7 Å². The summed E-state index contributed by atoms with van der Waals surface area (Å²) in [6.45, 7) is 2.63. The number of anilines is 1. The Balaban J connectivity index is 1.29. The highest BCUT2D eigenvalue weighted by Gasteiger charge is 2.31. The molecule has 0 atom stereocenters. The summed E-state index contributed by atoms with van der Waals surface area (Å²) in [6.07, 6.45) is 1.02. The fourth-order valence-corrected chi connectivity index (χ4v) is 5.60. The van der Waals surface area contributed by atoms with Crippen molar-refractivity contribution >= 4 is 21.6 Å². The molecule has 3 aromatic carbocycles. The van der Waals surface area contributed by atoms with Crippen molar-refractivity contribution < 1.29 is 17.9 Å². The largest absolute Gasteiger partial charge is 0.457 e. The highest BCUT2D eigenvalue weighted by molar-refractivity contribution is 7.88. The molecule has 1 amide bonds. The Labute approximate surface area is 195 Å². The van der Waals surface area contributed by atoms with Crippen LogP contribution in [0.4, 0.5) is 5.69 Å². The number of nitrogens with one attached hydrogen (secondary N) is 1. The maximum atomic E-state index is 12.9. The fraction of sp³-hybridized carbons (Fsp3) is 0.269. The normalized spacial score (nSPS) is 15.2. The Bertz CT molecular complexity index is 1190. The summed E-state index contributed by atoms with van der Waals surface area (Å²) in [4.78, 5) is 12.7. The van der Waals surface area contributed by atoms with Crippen molar-refractivity contribution in [2.75, 3.05) is 18.4 Å². The van der Waals surface area contributed by atoms with Crippen LogP contribution in [-0.4, -0.2) is 31.7 Å². The van der Waals surface area contributed by atoms with Crippen LogP contribution in [0.5, 0.6) is 11.5 Å². The molecule has 4 rings (SSSR count). The van der Waals surface area contributed by atoms with Gasteiger partial charge in [0.15, 0.2) is 0 Å². The van der Waals surface area contributed by atoms with Crippen molar-refractivity contribution in [3.63, 3.8) is 0 Å². The lowest BCUT2D eigenvalue weighted by molar-refractivity contribution is -0.120. The van der Waals surface area contributed by atoms with Gasteiger partial charge in [-0.2, -0.15) is 0 Å². The standard InChI is InChI=1S/C26H28N2O4S/c1-20-7-5-6-8-22(20)19-33(30,31)28-17-15-21(16-18-28)26(29)27-23-11-13-25(14-12-23)32-24-9-3-2-4-10-24/h2-14,21H,15-19H2,1H3,(H,27,29). The van der Waals surface area contributed by atoms with Gasteiger partial charge in [-0.3, -0.25) is 4.79 Å². The minimum Gasteiger partial charge on any atom is -0.457 e. The third-order valence-corrected chi connectivity index (χ3v) is 7.75. The first kappa shape index (κ1) is 23.0. The van der Waals surface area contributed by atoms with Gasteiger partial charge in [-0.25, -0.2) is 12.7 Å². The second-order valence-corrected chi connectivity index (χ2v) is 10.3. The van der Waals surface area contributed by atoms with Gasteiger partial charge in [0.05, 0.1) is 5.75 Å². The topological polar surface area (TPSA) is 75.7 Å². The van der Waals surface area contributed by atoms with Crippen LogP contribution in [0.15, 0.2) is 78.9 Å². The van der Waals surface area contributed by atoms with Crippen molar-refractivity contribution in [2.24, 2.45) is 5.92 Å². The molecule has 0 aromatic heterocycles. The summed E-state index contributed by atoms with van der Waals surface area (Å²) in [7, 11) is -3.41. The molecular formula is C26H28N2O4S. The molecule has 1 saturated heterocycles. The van der Waals surface area contributed by atoms with Crippen LogP contribution in [0.3, 0.4) is 0 Å². The van der Waals surface area contributed by atoms with Gasteiger partial charge in [0.1, 0.15) is 11.5 Å². The predicted octanol–water partition coefficient (Wildman–Crippen LogP) is 4.97. The molecule has 0 spiro atoms. The van der Waals surface area contributed by atoms with E-state index >= 15 is 0 Å². The summed E-state index contributed by atoms with van der Waals surface area (Å²) in [5, 5.41) is 2.94. The van der Waals surface area contributed by atoms with E-state index in [2.05, 4.69) is 5.32 Å². The number of hydrogen-bond acceptors (Lipinski definition) is 4. The molecular weight excluding hydrogens is 436 g/mol. The number of carbonyl (C=O) groups excluding carboxylic acids is 1. The monoisotopic (exact) mass is 464 g/mol. The first-order chi connectivity index (χ1) is 15.9. The number of para-hydroxylation sites is 1. The third-order valence-electron chi connectivity index (χ3n) is 5.92. The van der Waals surface area contributed by atoms with Crippen LogP contribution >= 0.6 is 0 Å². The van der Waals surface area contributed by atoms with Crippen molar-refractivity contribution in [3.05, 3.63) is 90.0 Å². The van der Waals surface area contributed by atoms with Gasteiger partial charge in [-0.05, 0) is 67.3 Å². The van der Waals surface area contributed by atoms with E-state index in [4.69, 9.17) is 4.74 Å². The van der Waals surface area contributed by atoms with Gasteiger partial charge in [-0.1, -0.05) is 42.5 Å². The zero-order valence-corrected chi connectivity index (χ0v) is 19.4. The molecule has 0 saturated carbocycles. The van der Waals surface area contributed by atoms with Crippen molar-refractivity contribution in [1.29, 1.82) is 0 Å². The van der Waals surface area contributed by atoms with Crippen molar-refractivity contribution in [3.8, 4) is 11.5 Å². The fourth-order valence-electron chi connectivity index (χ4n) is 3.93. The van der Waals surface area contributed by atoms with E-state index in [0.29, 0.717) is 37.4 Å². The molecule has 33 heavy (non-hydrogen) atoms. The molecule has 7 heteroatoms. The lowest BCUT2D eigenvalue weighted by Gasteiger charge is -2.30. The Morgan fingerprint density at radius 2 is 1.52 bits per heavy atom. The molecule has 1 fully saturated rings. The lowest BCUT2D eigenvalue weighted by atomic mass is 9.97. The Kier molecular flexibility index (Phi) is 7.11. The minimum atomic E-state index is -3.41. The minimum absolute atomic E-state index is 0.00601. The number of nitrogens with zero attached hydrogens (tertiary/aromatic N) is 1. The number of hydrogen-bond donors (Lipinski definition) is 1. The van der Waals surface area contributed by atoms with Crippen LogP contribution < -0.4 is 10.1 Å². The van der Waals surface area contributed by atoms with Gasteiger partial charge in [0.25, 0.3) is 0 Å². The number of benzene rings is 3. The summed E-state index contributed by atoms with van der Waals surface area (Å²) >= 11 is 0. The average molecular weight is 465 g/mol. The molecule has 1 aliphatic heterocycles. The summed E-state index contributed by atoms with van der Waals surface area (Å²) in [6, 6.07) is 24.2. The van der Waals surface area contributed by atoms with Crippen molar-refractivity contribution in [2.45, 2.75) is 25.5 Å². The van der Waals surface area contributed by atoms with Crippen LogP contribution in [0, 0.1) is 12.8 Å². The second-order valence-electron chi connectivity index (χ2n) is 8.28. The van der Waals surface area contributed by atoms with Crippen molar-refractivity contribution in [1.82, 2.24) is 4.31 Å². The smallest absolute Gasteiger partial charge is 0.227 e. The van der Waals surface area contributed by atoms with Crippen LogP contribution in [-0.2, 0) is 20.6 Å². The molecule has 0 radical (unpaired) electrons. The Hall–Kier alpha value is -3.16. The third kappa shape index (κ3) is 6.00. The zero-order valence-electron chi connectivity index (χ0n) is 18.6. The summed E-state index contributed by atoms with van der Waals surface area (Å²) in [5.74, 6) is 1.14. The van der Waals surface area contributed by atoms with Gasteiger partial charge >= 0.3 is 0 Å². The Morgan fingerprint density at radius 3 is 2.18 bits per heavy atom. The molecule has 6 nitrogen and oxygen atoms in total. The second kappa shape index (κ2) is 10.2. The maximum Gasteiger partial charge on any atom is 0.227 e. The van der Waals surface area contributed by atoms with Gasteiger partial charge in [0.2, 0.25) is 15.9 Å². The molecule has 0 unspecified atom stereocenters. The number of rotatable bonds is 7. The average Bonchev–Trinajstić information content (AvgIpc) is 2.82. The first-order valence-electron chi connectivity index (χ1n) is 11.1. The maximum absolute atomic E-state index is 12.9. The van der Waals surface area contributed by atoms with Gasteiger partial charge < -0.3 is 10.1 Å². The highest BCUT2D eigenvalue weighted by Crippen LogP contribution is 2.26. The van der Waals surface area contributed by atoms with E-state index in [0.717, 1.165) is 16.9 Å². The van der Waals surface area contributed by atoms with E-state index in [1.54, 1.807) is 12.1 Å². The predicted molar refractivity (Wildman–Crippen MR) is 130 cm³/mol. The Morgan fingerprint density at radius 1 is 0.909 bits per heavy atom. The molecule has 1 N–H and O–H groups in total. The first-order valence-corrected chi connectivity index (χ1v) is 12.7. The SMILES string of the molecule is Cc1ccccc1CS(=O)(=O)N1CCC(C(=O)Nc2ccc(Oc3ccccc3)cc2)CC1. The van der Waals surface area contributed by atoms with Crippen LogP contribution in [0.1, 0.15) is 24.0 Å². The van der Waals surface area contributed by atoms with E-state index in [9.17, 15) is 13.2 Å². The summed E-state index contributed by atoms with van der Waals surface area (Å²) in [5.41, 5.74) is 2.47. The molecule has 172 valence electrons. The number of carbonyl (C=O) groups is 1. The van der Waals surface area contributed by atoms with Gasteiger partial charge in [-0.15, -0.1) is 0 Å². The molecule has 0 bridgehead atoms. The quantitative estimate of drug-likeness (QED) is 0.536. The van der Waals surface area contributed by atoms with E-state index in [1.807, 2.05) is 73.7 Å². The van der Waals surface area contributed by atoms with E-state index < -0.39 is 10.0 Å². The molecule has 0 aliphatic carbocycles. The van der Waals surface area contributed by atoms with Crippen LogP contribution in [0.25, 0.3) is 0 Å². The van der Waals surface area contributed by atoms with E-state index in [1.165, 1.54) is 4.31 Å². The van der Waals surface area contributed by atoms with E-state index in [-0.39, 0.29) is 17.6 Å². The number of aryl methyl sites for hydroxylation is 1. The number of piperidine rings is 1. The van der Waals surface area contributed by atoms with Crippen LogP contribution in [0.2, 0.25) is 0 Å². The summed E-state index contributed by atoms with van der Waals surface area (Å²) < 4.78 is 33.0. The number of sulfonamides is 1. The zero-order chi connectivity index (χ0) is 23.3. The highest BCUT2D eigenvalue weighted by atomic mass is 32.2. The molecule has 1 heterocycles. The number of amides is 1. The number of ether oxygens (including phenoxy) is 1. The lowest BCUT2D eigenvalue weighted by Crippen LogP contribution is -2.41. The molecule has 1 aliphatic rings. The molecule has 3 aromatic rings.